The molecule has 0 spiro atoms. The molecular formula is C12H18N2O2S. The Labute approximate surface area is 102 Å². The number of hydrogen-bond acceptors (Lipinski definition) is 3. The van der Waals surface area contributed by atoms with Crippen molar-refractivity contribution in [1.29, 1.82) is 0 Å². The fraction of sp³-hybridized carbons (Fsp3) is 0.500. The molecule has 0 aromatic heterocycles. The number of hydrogen-bond donors (Lipinski definition) is 2. The molecule has 1 saturated carbocycles. The van der Waals surface area contributed by atoms with Gasteiger partial charge in [0.05, 0.1) is 5.75 Å². The topological polar surface area (TPSA) is 72.2 Å². The summed E-state index contributed by atoms with van der Waals surface area (Å²) in [5.74, 6) is 0.552. The maximum atomic E-state index is 11.9. The summed E-state index contributed by atoms with van der Waals surface area (Å²) in [4.78, 5) is 0. The lowest BCUT2D eigenvalue weighted by Crippen LogP contribution is -2.28. The van der Waals surface area contributed by atoms with E-state index in [1.807, 2.05) is 0 Å². The zero-order chi connectivity index (χ0) is 12.5. The molecule has 0 amide bonds. The third-order valence-corrected chi connectivity index (χ3v) is 4.49. The third kappa shape index (κ3) is 3.44. The molecule has 0 bridgehead atoms. The minimum atomic E-state index is -3.22. The van der Waals surface area contributed by atoms with E-state index < -0.39 is 10.0 Å². The van der Waals surface area contributed by atoms with Gasteiger partial charge >= 0.3 is 0 Å². The standard InChI is InChI=1S/C12H18N2O2S/c1-2-10-7-12(10)14-17(15,16)8-9-3-5-11(13)6-4-9/h3-6,10,12,14H,2,7-8,13H2,1H3. The second-order valence-electron chi connectivity index (χ2n) is 4.63. The number of benzene rings is 1. The Morgan fingerprint density at radius 3 is 2.53 bits per heavy atom. The summed E-state index contributed by atoms with van der Waals surface area (Å²) in [5.41, 5.74) is 6.96. The average Bonchev–Trinajstić information content (AvgIpc) is 2.99. The first-order chi connectivity index (χ1) is 8.00. The van der Waals surface area contributed by atoms with Crippen LogP contribution < -0.4 is 10.5 Å². The molecule has 4 nitrogen and oxygen atoms in total. The molecule has 0 saturated heterocycles. The monoisotopic (exact) mass is 254 g/mol. The van der Waals surface area contributed by atoms with Crippen LogP contribution in [-0.2, 0) is 15.8 Å². The lowest BCUT2D eigenvalue weighted by molar-refractivity contribution is 0.575. The van der Waals surface area contributed by atoms with Crippen molar-refractivity contribution in [2.24, 2.45) is 5.92 Å². The van der Waals surface area contributed by atoms with Crippen molar-refractivity contribution in [3.05, 3.63) is 29.8 Å². The van der Waals surface area contributed by atoms with Gasteiger partial charge in [-0.1, -0.05) is 25.5 Å². The molecule has 2 unspecified atom stereocenters. The molecule has 0 heterocycles. The SMILES string of the molecule is CCC1CC1NS(=O)(=O)Cc1ccc(N)cc1. The predicted molar refractivity (Wildman–Crippen MR) is 68.8 cm³/mol. The summed E-state index contributed by atoms with van der Waals surface area (Å²) >= 11 is 0. The van der Waals surface area contributed by atoms with Crippen molar-refractivity contribution in [3.8, 4) is 0 Å². The molecule has 2 rings (SSSR count). The quantitative estimate of drug-likeness (QED) is 0.782. The molecule has 2 atom stereocenters. The Morgan fingerprint density at radius 1 is 1.35 bits per heavy atom. The van der Waals surface area contributed by atoms with Crippen molar-refractivity contribution in [2.45, 2.75) is 31.6 Å². The zero-order valence-corrected chi connectivity index (χ0v) is 10.7. The van der Waals surface area contributed by atoms with Gasteiger partial charge in [0, 0.05) is 11.7 Å². The van der Waals surface area contributed by atoms with Crippen LogP contribution in [-0.4, -0.2) is 14.5 Å². The van der Waals surface area contributed by atoms with Crippen molar-refractivity contribution in [2.75, 3.05) is 5.73 Å². The van der Waals surface area contributed by atoms with Gasteiger partial charge in [-0.2, -0.15) is 0 Å². The van der Waals surface area contributed by atoms with E-state index in [-0.39, 0.29) is 11.8 Å². The number of nitrogens with two attached hydrogens (primary N) is 1. The number of anilines is 1. The summed E-state index contributed by atoms with van der Waals surface area (Å²) in [6.45, 7) is 2.08. The first-order valence-corrected chi connectivity index (χ1v) is 7.50. The molecule has 1 aliphatic carbocycles. The van der Waals surface area contributed by atoms with Gasteiger partial charge in [0.15, 0.2) is 0 Å². The molecule has 0 radical (unpaired) electrons. The molecule has 17 heavy (non-hydrogen) atoms. The van der Waals surface area contributed by atoms with E-state index in [1.165, 1.54) is 0 Å². The molecule has 1 aliphatic rings. The van der Waals surface area contributed by atoms with Gasteiger partial charge in [-0.15, -0.1) is 0 Å². The fourth-order valence-corrected chi connectivity index (χ4v) is 3.41. The minimum Gasteiger partial charge on any atom is -0.399 e. The third-order valence-electron chi connectivity index (χ3n) is 3.11. The maximum absolute atomic E-state index is 11.9. The van der Waals surface area contributed by atoms with Crippen LogP contribution in [0.15, 0.2) is 24.3 Å². The summed E-state index contributed by atoms with van der Waals surface area (Å²) in [7, 11) is -3.22. The highest BCUT2D eigenvalue weighted by Gasteiger charge is 2.38. The number of nitrogens with one attached hydrogen (secondary N) is 1. The number of nitrogen functional groups attached to an aromatic ring is 1. The van der Waals surface area contributed by atoms with E-state index in [0.29, 0.717) is 11.6 Å². The number of sulfonamides is 1. The molecule has 5 heteroatoms. The Hall–Kier alpha value is -1.07. The largest absolute Gasteiger partial charge is 0.399 e. The van der Waals surface area contributed by atoms with Gasteiger partial charge in [0.1, 0.15) is 0 Å². The van der Waals surface area contributed by atoms with Crippen LogP contribution in [0.1, 0.15) is 25.3 Å². The first kappa shape index (κ1) is 12.4. The van der Waals surface area contributed by atoms with Gasteiger partial charge in [-0.3, -0.25) is 0 Å². The van der Waals surface area contributed by atoms with Gasteiger partial charge in [-0.25, -0.2) is 13.1 Å². The zero-order valence-electron chi connectivity index (χ0n) is 9.89. The van der Waals surface area contributed by atoms with Gasteiger partial charge in [0.25, 0.3) is 0 Å². The second-order valence-corrected chi connectivity index (χ2v) is 6.38. The van der Waals surface area contributed by atoms with E-state index >= 15 is 0 Å². The lowest BCUT2D eigenvalue weighted by Gasteiger charge is -2.06. The van der Waals surface area contributed by atoms with E-state index in [9.17, 15) is 8.42 Å². The summed E-state index contributed by atoms with van der Waals surface area (Å²) in [6, 6.07) is 7.09. The van der Waals surface area contributed by atoms with Crippen LogP contribution in [0.3, 0.4) is 0 Å². The second kappa shape index (κ2) is 4.66. The van der Waals surface area contributed by atoms with Crippen LogP contribution in [0.2, 0.25) is 0 Å². The van der Waals surface area contributed by atoms with Crippen molar-refractivity contribution >= 4 is 15.7 Å². The van der Waals surface area contributed by atoms with Crippen molar-refractivity contribution in [1.82, 2.24) is 4.72 Å². The molecule has 1 fully saturated rings. The Kier molecular flexibility index (Phi) is 3.40. The van der Waals surface area contributed by atoms with E-state index in [0.717, 1.165) is 18.4 Å². The maximum Gasteiger partial charge on any atom is 0.216 e. The van der Waals surface area contributed by atoms with E-state index in [1.54, 1.807) is 24.3 Å². The highest BCUT2D eigenvalue weighted by Crippen LogP contribution is 2.33. The van der Waals surface area contributed by atoms with Crippen molar-refractivity contribution in [3.63, 3.8) is 0 Å². The highest BCUT2D eigenvalue weighted by molar-refractivity contribution is 7.88. The molecule has 94 valence electrons. The summed E-state index contributed by atoms with van der Waals surface area (Å²) in [5, 5.41) is 0. The fourth-order valence-electron chi connectivity index (χ4n) is 1.95. The Morgan fingerprint density at radius 2 is 2.00 bits per heavy atom. The smallest absolute Gasteiger partial charge is 0.216 e. The predicted octanol–water partition coefficient (Wildman–Crippen LogP) is 1.49. The summed E-state index contributed by atoms with van der Waals surface area (Å²) < 4.78 is 26.4. The van der Waals surface area contributed by atoms with E-state index in [4.69, 9.17) is 5.73 Å². The van der Waals surface area contributed by atoms with Crippen LogP contribution in [0.5, 0.6) is 0 Å². The first-order valence-electron chi connectivity index (χ1n) is 5.84. The van der Waals surface area contributed by atoms with Crippen LogP contribution in [0.25, 0.3) is 0 Å². The van der Waals surface area contributed by atoms with Crippen LogP contribution >= 0.6 is 0 Å². The number of rotatable bonds is 5. The van der Waals surface area contributed by atoms with Gasteiger partial charge in [0.2, 0.25) is 10.0 Å². The molecule has 0 aliphatic heterocycles. The molecular weight excluding hydrogens is 236 g/mol. The van der Waals surface area contributed by atoms with Crippen molar-refractivity contribution < 1.29 is 8.42 Å². The molecule has 3 N–H and O–H groups in total. The van der Waals surface area contributed by atoms with Crippen LogP contribution in [0, 0.1) is 5.92 Å². The van der Waals surface area contributed by atoms with E-state index in [2.05, 4.69) is 11.6 Å². The molecule has 1 aromatic rings. The van der Waals surface area contributed by atoms with Gasteiger partial charge < -0.3 is 5.73 Å². The Balaban J connectivity index is 1.95. The Bertz CT molecular complexity index is 482. The average molecular weight is 254 g/mol. The molecule has 1 aromatic carbocycles. The lowest BCUT2D eigenvalue weighted by atomic mass is 10.2. The van der Waals surface area contributed by atoms with Gasteiger partial charge in [-0.05, 0) is 30.0 Å². The highest BCUT2D eigenvalue weighted by atomic mass is 32.2. The van der Waals surface area contributed by atoms with Crippen LogP contribution in [0.4, 0.5) is 5.69 Å². The normalized spacial score (nSPS) is 23.6. The minimum absolute atomic E-state index is 0.0280. The summed E-state index contributed by atoms with van der Waals surface area (Å²) in [6.07, 6.45) is 2.01.